The van der Waals surface area contributed by atoms with E-state index in [0.717, 1.165) is 18.5 Å². The molecule has 0 saturated carbocycles. The van der Waals surface area contributed by atoms with E-state index in [4.69, 9.17) is 0 Å². The van der Waals surface area contributed by atoms with Gasteiger partial charge >= 0.3 is 0 Å². The molecule has 0 fully saturated rings. The van der Waals surface area contributed by atoms with E-state index in [0.29, 0.717) is 17.7 Å². The van der Waals surface area contributed by atoms with Crippen LogP contribution in [-0.2, 0) is 6.54 Å². The molecule has 2 aromatic rings. The van der Waals surface area contributed by atoms with Crippen molar-refractivity contribution in [1.29, 1.82) is 0 Å². The fourth-order valence-corrected chi connectivity index (χ4v) is 2.50. The lowest BCUT2D eigenvalue weighted by Gasteiger charge is -2.08. The van der Waals surface area contributed by atoms with Crippen molar-refractivity contribution in [3.8, 4) is 0 Å². The minimum atomic E-state index is -0.152. The first-order valence-electron chi connectivity index (χ1n) is 9.16. The van der Waals surface area contributed by atoms with E-state index < -0.39 is 0 Å². The summed E-state index contributed by atoms with van der Waals surface area (Å²) in [6.07, 6.45) is 4.64. The van der Waals surface area contributed by atoms with Crippen molar-refractivity contribution in [2.24, 2.45) is 0 Å². The van der Waals surface area contributed by atoms with Gasteiger partial charge in [-0.2, -0.15) is 0 Å². The van der Waals surface area contributed by atoms with Crippen LogP contribution < -0.4 is 16.2 Å². The number of carbonyl (C=O) groups excluding carboxylic acids is 2. The monoisotopic (exact) mass is 353 g/mol. The van der Waals surface area contributed by atoms with Crippen molar-refractivity contribution in [2.75, 3.05) is 6.54 Å². The summed E-state index contributed by atoms with van der Waals surface area (Å²) >= 11 is 0. The van der Waals surface area contributed by atoms with Gasteiger partial charge in [0.15, 0.2) is 0 Å². The molecule has 0 radical (unpaired) electrons. The predicted molar refractivity (Wildman–Crippen MR) is 104 cm³/mol. The van der Waals surface area contributed by atoms with Gasteiger partial charge in [-0.25, -0.2) is 5.43 Å². The largest absolute Gasteiger partial charge is 0.348 e. The molecule has 2 rings (SSSR count). The number of hydrazine groups is 1. The predicted octanol–water partition coefficient (Wildman–Crippen LogP) is 3.43. The molecule has 0 aromatic heterocycles. The second-order valence-electron chi connectivity index (χ2n) is 6.19. The molecule has 26 heavy (non-hydrogen) atoms. The van der Waals surface area contributed by atoms with Crippen molar-refractivity contribution < 1.29 is 9.59 Å². The van der Waals surface area contributed by atoms with Gasteiger partial charge in [0.1, 0.15) is 0 Å². The number of rotatable bonds is 10. The molecule has 0 aliphatic heterocycles. The molecule has 0 bridgehead atoms. The molecular formula is C21H27N3O2. The molecule has 5 heteroatoms. The summed E-state index contributed by atoms with van der Waals surface area (Å²) in [4.78, 5) is 24.1. The lowest BCUT2D eigenvalue weighted by Crippen LogP contribution is -2.37. The van der Waals surface area contributed by atoms with E-state index in [2.05, 4.69) is 23.1 Å². The minimum absolute atomic E-state index is 0.111. The number of benzene rings is 2. The van der Waals surface area contributed by atoms with E-state index >= 15 is 0 Å². The zero-order valence-corrected chi connectivity index (χ0v) is 15.3. The third kappa shape index (κ3) is 6.69. The molecule has 0 spiro atoms. The Kier molecular flexibility index (Phi) is 8.36. The van der Waals surface area contributed by atoms with E-state index in [-0.39, 0.29) is 11.8 Å². The Labute approximate surface area is 155 Å². The normalized spacial score (nSPS) is 10.3. The van der Waals surface area contributed by atoms with Crippen LogP contribution in [0, 0.1) is 0 Å². The molecule has 0 aliphatic carbocycles. The summed E-state index contributed by atoms with van der Waals surface area (Å²) in [6, 6.07) is 16.3. The maximum Gasteiger partial charge on any atom is 0.265 e. The zero-order chi connectivity index (χ0) is 18.6. The van der Waals surface area contributed by atoms with Gasteiger partial charge in [-0.3, -0.25) is 15.0 Å². The van der Waals surface area contributed by atoms with Gasteiger partial charge in [0.25, 0.3) is 11.8 Å². The van der Waals surface area contributed by atoms with E-state index in [1.165, 1.54) is 19.3 Å². The molecule has 0 heterocycles. The first-order chi connectivity index (χ1) is 12.7. The molecule has 2 aromatic carbocycles. The minimum Gasteiger partial charge on any atom is -0.348 e. The lowest BCUT2D eigenvalue weighted by atomic mass is 10.1. The number of nitrogens with one attached hydrogen (secondary N) is 3. The summed E-state index contributed by atoms with van der Waals surface area (Å²) in [5.41, 5.74) is 7.83. The Morgan fingerprint density at radius 3 is 2.19 bits per heavy atom. The van der Waals surface area contributed by atoms with E-state index in [1.807, 2.05) is 30.3 Å². The van der Waals surface area contributed by atoms with Crippen LogP contribution in [0.25, 0.3) is 0 Å². The van der Waals surface area contributed by atoms with Crippen molar-refractivity contribution in [2.45, 2.75) is 39.2 Å². The molecule has 0 aliphatic rings. The Bertz CT molecular complexity index is 684. The van der Waals surface area contributed by atoms with E-state index in [1.54, 1.807) is 24.3 Å². The standard InChI is InChI=1S/C21H27N3O2/c1-2-3-4-8-15-23-24-21(26)19-13-11-17(12-14-19)16-22-20(25)18-9-6-5-7-10-18/h5-7,9-14,23H,2-4,8,15-16H2,1H3,(H,22,25)(H,24,26). The maximum absolute atomic E-state index is 12.1. The van der Waals surface area contributed by atoms with Crippen LogP contribution in [-0.4, -0.2) is 18.4 Å². The molecule has 0 saturated heterocycles. The van der Waals surface area contributed by atoms with Crippen molar-refractivity contribution >= 4 is 11.8 Å². The van der Waals surface area contributed by atoms with E-state index in [9.17, 15) is 9.59 Å². The molecular weight excluding hydrogens is 326 g/mol. The second kappa shape index (κ2) is 11.1. The van der Waals surface area contributed by atoms with Gasteiger partial charge in [0, 0.05) is 24.2 Å². The van der Waals surface area contributed by atoms with Crippen LogP contribution in [0.1, 0.15) is 58.9 Å². The highest BCUT2D eigenvalue weighted by Gasteiger charge is 2.06. The average molecular weight is 353 g/mol. The van der Waals surface area contributed by atoms with Crippen LogP contribution in [0.15, 0.2) is 54.6 Å². The van der Waals surface area contributed by atoms with Crippen LogP contribution in [0.2, 0.25) is 0 Å². The highest BCUT2D eigenvalue weighted by Crippen LogP contribution is 2.05. The third-order valence-electron chi connectivity index (χ3n) is 4.06. The van der Waals surface area contributed by atoms with Crippen molar-refractivity contribution in [3.63, 3.8) is 0 Å². The molecule has 0 unspecified atom stereocenters. The maximum atomic E-state index is 12.1. The van der Waals surface area contributed by atoms with Crippen LogP contribution in [0.5, 0.6) is 0 Å². The van der Waals surface area contributed by atoms with Gasteiger partial charge in [-0.05, 0) is 36.2 Å². The first-order valence-corrected chi connectivity index (χ1v) is 9.16. The van der Waals surface area contributed by atoms with Crippen LogP contribution in [0.4, 0.5) is 0 Å². The Balaban J connectivity index is 1.73. The Morgan fingerprint density at radius 1 is 0.808 bits per heavy atom. The molecule has 2 amide bonds. The SMILES string of the molecule is CCCCCCNNC(=O)c1ccc(CNC(=O)c2ccccc2)cc1. The second-order valence-corrected chi connectivity index (χ2v) is 6.19. The average Bonchev–Trinajstić information content (AvgIpc) is 2.69. The molecule has 138 valence electrons. The topological polar surface area (TPSA) is 70.2 Å². The fraction of sp³-hybridized carbons (Fsp3) is 0.333. The number of hydrogen-bond donors (Lipinski definition) is 3. The highest BCUT2D eigenvalue weighted by molar-refractivity contribution is 5.94. The van der Waals surface area contributed by atoms with Gasteiger partial charge in [-0.1, -0.05) is 56.5 Å². The molecule has 5 nitrogen and oxygen atoms in total. The molecule has 3 N–H and O–H groups in total. The van der Waals surface area contributed by atoms with Crippen molar-refractivity contribution in [3.05, 3.63) is 71.3 Å². The summed E-state index contributed by atoms with van der Waals surface area (Å²) in [5, 5.41) is 2.87. The van der Waals surface area contributed by atoms with Crippen LogP contribution >= 0.6 is 0 Å². The van der Waals surface area contributed by atoms with Gasteiger partial charge in [0.05, 0.1) is 0 Å². The first kappa shape index (κ1) is 19.7. The third-order valence-corrected chi connectivity index (χ3v) is 4.06. The summed E-state index contributed by atoms with van der Waals surface area (Å²) < 4.78 is 0. The number of carbonyl (C=O) groups is 2. The summed E-state index contributed by atoms with van der Waals surface area (Å²) in [5.74, 6) is -0.264. The Hall–Kier alpha value is -2.66. The van der Waals surface area contributed by atoms with Gasteiger partial charge < -0.3 is 5.32 Å². The quantitative estimate of drug-likeness (QED) is 0.453. The van der Waals surface area contributed by atoms with Crippen LogP contribution in [0.3, 0.4) is 0 Å². The number of amides is 2. The zero-order valence-electron chi connectivity index (χ0n) is 15.3. The van der Waals surface area contributed by atoms with Gasteiger partial charge in [-0.15, -0.1) is 0 Å². The smallest absolute Gasteiger partial charge is 0.265 e. The molecule has 0 atom stereocenters. The van der Waals surface area contributed by atoms with Gasteiger partial charge in [0.2, 0.25) is 0 Å². The summed E-state index contributed by atoms with van der Waals surface area (Å²) in [7, 11) is 0. The fourth-order valence-electron chi connectivity index (χ4n) is 2.50. The number of unbranched alkanes of at least 4 members (excludes halogenated alkanes) is 3. The number of hydrogen-bond acceptors (Lipinski definition) is 3. The summed E-state index contributed by atoms with van der Waals surface area (Å²) in [6.45, 7) is 3.37. The Morgan fingerprint density at radius 2 is 1.50 bits per heavy atom. The lowest BCUT2D eigenvalue weighted by molar-refractivity contribution is 0.0929. The van der Waals surface area contributed by atoms with Crippen molar-refractivity contribution in [1.82, 2.24) is 16.2 Å². The highest BCUT2D eigenvalue weighted by atomic mass is 16.2.